The van der Waals surface area contributed by atoms with Crippen molar-refractivity contribution < 1.29 is 18.0 Å². The lowest BCUT2D eigenvalue weighted by atomic mass is 10.1. The van der Waals surface area contributed by atoms with E-state index in [0.717, 1.165) is 11.4 Å². The number of anilines is 1. The number of rotatable bonds is 5. The smallest absolute Gasteiger partial charge is 0.343 e. The first kappa shape index (κ1) is 20.5. The molecule has 2 aliphatic rings. The standard InChI is InChI=1S/C18H21ClF3N5O/c19-12-5-7-13(8-6-12)24-17-25-15(14(11-27(17)23)18(20,21)22)3-1-9-26-10-2-4-16(26)28/h5-8H,1-4,9-11,23H2,(H,24,25). The van der Waals surface area contributed by atoms with Crippen molar-refractivity contribution in [2.24, 2.45) is 10.8 Å². The lowest BCUT2D eigenvalue weighted by Gasteiger charge is -2.29. The molecule has 2 heterocycles. The van der Waals surface area contributed by atoms with Gasteiger partial charge in [-0.05, 0) is 43.5 Å². The minimum atomic E-state index is -4.52. The van der Waals surface area contributed by atoms with Gasteiger partial charge in [0.2, 0.25) is 11.9 Å². The van der Waals surface area contributed by atoms with Gasteiger partial charge >= 0.3 is 6.18 Å². The molecule has 6 nitrogen and oxygen atoms in total. The Balaban J connectivity index is 1.76. The highest BCUT2D eigenvalue weighted by Crippen LogP contribution is 2.33. The predicted molar refractivity (Wildman–Crippen MR) is 102 cm³/mol. The van der Waals surface area contributed by atoms with E-state index >= 15 is 0 Å². The van der Waals surface area contributed by atoms with Crippen LogP contribution in [0.15, 0.2) is 40.5 Å². The van der Waals surface area contributed by atoms with Gasteiger partial charge in [0, 0.05) is 30.2 Å². The number of aliphatic imine (C=N–C) groups is 1. The van der Waals surface area contributed by atoms with E-state index in [0.29, 0.717) is 36.6 Å². The average Bonchev–Trinajstić information content (AvgIpc) is 3.03. The Morgan fingerprint density at radius 1 is 1.25 bits per heavy atom. The third kappa shape index (κ3) is 4.96. The van der Waals surface area contributed by atoms with Gasteiger partial charge in [-0.15, -0.1) is 0 Å². The molecule has 1 aromatic rings. The number of nitrogens with one attached hydrogen (secondary N) is 1. The third-order valence-electron chi connectivity index (χ3n) is 4.65. The fourth-order valence-electron chi connectivity index (χ4n) is 3.20. The van der Waals surface area contributed by atoms with Crippen molar-refractivity contribution in [1.82, 2.24) is 9.91 Å². The number of hydrogen-bond acceptors (Lipinski definition) is 5. The first-order chi connectivity index (χ1) is 13.2. The molecule has 2 aliphatic heterocycles. The Morgan fingerprint density at radius 2 is 1.96 bits per heavy atom. The molecular weight excluding hydrogens is 395 g/mol. The lowest BCUT2D eigenvalue weighted by Crippen LogP contribution is -2.47. The number of nitrogens with zero attached hydrogens (tertiary/aromatic N) is 3. The minimum absolute atomic E-state index is 0.0513. The van der Waals surface area contributed by atoms with E-state index in [2.05, 4.69) is 10.3 Å². The first-order valence-corrected chi connectivity index (χ1v) is 9.32. The van der Waals surface area contributed by atoms with Crippen molar-refractivity contribution >= 4 is 29.2 Å². The molecule has 0 saturated carbocycles. The molecule has 152 valence electrons. The number of likely N-dealkylation sites (tertiary alicyclic amines) is 1. The number of hydrazine groups is 1. The highest BCUT2D eigenvalue weighted by atomic mass is 35.5. The number of halogens is 4. The van der Waals surface area contributed by atoms with Crippen LogP contribution in [-0.4, -0.2) is 47.6 Å². The Hall–Kier alpha value is -2.26. The van der Waals surface area contributed by atoms with Crippen LogP contribution in [0.3, 0.4) is 0 Å². The molecule has 0 unspecified atom stereocenters. The molecule has 0 bridgehead atoms. The monoisotopic (exact) mass is 415 g/mol. The summed E-state index contributed by atoms with van der Waals surface area (Å²) in [6.07, 6.45) is -2.70. The van der Waals surface area contributed by atoms with Gasteiger partial charge in [0.25, 0.3) is 0 Å². The van der Waals surface area contributed by atoms with E-state index in [9.17, 15) is 18.0 Å². The van der Waals surface area contributed by atoms with Crippen molar-refractivity contribution in [3.8, 4) is 0 Å². The lowest BCUT2D eigenvalue weighted by molar-refractivity contribution is -0.127. The van der Waals surface area contributed by atoms with Crippen LogP contribution in [0.2, 0.25) is 5.02 Å². The number of hydrogen-bond donors (Lipinski definition) is 2. The number of benzene rings is 1. The number of allylic oxidation sites excluding steroid dienone is 1. The van der Waals surface area contributed by atoms with Crippen molar-refractivity contribution in [3.63, 3.8) is 0 Å². The molecule has 10 heteroatoms. The highest BCUT2D eigenvalue weighted by molar-refractivity contribution is 6.30. The van der Waals surface area contributed by atoms with Gasteiger partial charge in [-0.2, -0.15) is 13.2 Å². The fraction of sp³-hybridized carbons (Fsp3) is 0.444. The Morgan fingerprint density at radius 3 is 2.57 bits per heavy atom. The van der Waals surface area contributed by atoms with E-state index < -0.39 is 18.3 Å². The highest BCUT2D eigenvalue weighted by Gasteiger charge is 2.39. The number of amides is 1. The molecule has 0 aliphatic carbocycles. The fourth-order valence-corrected chi connectivity index (χ4v) is 3.32. The van der Waals surface area contributed by atoms with Gasteiger partial charge in [-0.25, -0.2) is 10.8 Å². The van der Waals surface area contributed by atoms with Crippen LogP contribution in [0.5, 0.6) is 0 Å². The van der Waals surface area contributed by atoms with Gasteiger partial charge in [-0.3, -0.25) is 9.80 Å². The first-order valence-electron chi connectivity index (χ1n) is 8.94. The summed E-state index contributed by atoms with van der Waals surface area (Å²) in [5.74, 6) is 5.96. The summed E-state index contributed by atoms with van der Waals surface area (Å²) in [4.78, 5) is 17.5. The zero-order valence-electron chi connectivity index (χ0n) is 15.1. The summed E-state index contributed by atoms with van der Waals surface area (Å²) in [6, 6.07) is 6.67. The molecule has 3 rings (SSSR count). The Bertz CT molecular complexity index is 791. The summed E-state index contributed by atoms with van der Waals surface area (Å²) in [5.41, 5.74) is -0.210. The van der Waals surface area contributed by atoms with Crippen LogP contribution in [0.1, 0.15) is 25.7 Å². The second-order valence-corrected chi connectivity index (χ2v) is 7.14. The molecule has 0 atom stereocenters. The van der Waals surface area contributed by atoms with Crippen LogP contribution in [0.4, 0.5) is 18.9 Å². The van der Waals surface area contributed by atoms with E-state index in [1.54, 1.807) is 29.2 Å². The van der Waals surface area contributed by atoms with Crippen molar-refractivity contribution in [1.29, 1.82) is 0 Å². The maximum atomic E-state index is 13.4. The summed E-state index contributed by atoms with van der Waals surface area (Å²) in [5, 5.41) is 4.40. The Labute approximate surface area is 165 Å². The SMILES string of the molecule is NN1CC(C(F)(F)F)=C(CCCN2CCCC2=O)N=C1Nc1ccc(Cl)cc1. The molecule has 0 spiro atoms. The van der Waals surface area contributed by atoms with Gasteiger partial charge in [0.15, 0.2) is 0 Å². The molecule has 1 aromatic carbocycles. The summed E-state index contributed by atoms with van der Waals surface area (Å²) >= 11 is 5.84. The van der Waals surface area contributed by atoms with Gasteiger partial charge in [-0.1, -0.05) is 11.6 Å². The molecule has 28 heavy (non-hydrogen) atoms. The van der Waals surface area contributed by atoms with Crippen LogP contribution in [0, 0.1) is 0 Å². The van der Waals surface area contributed by atoms with Gasteiger partial charge in [0.1, 0.15) is 0 Å². The summed E-state index contributed by atoms with van der Waals surface area (Å²) in [7, 11) is 0. The summed E-state index contributed by atoms with van der Waals surface area (Å²) in [6.45, 7) is 0.587. The predicted octanol–water partition coefficient (Wildman–Crippen LogP) is 3.52. The normalized spacial score (nSPS) is 18.0. The number of carbonyl (C=O) groups is 1. The van der Waals surface area contributed by atoms with Crippen molar-refractivity contribution in [2.75, 3.05) is 25.0 Å². The van der Waals surface area contributed by atoms with Crippen molar-refractivity contribution in [2.45, 2.75) is 31.9 Å². The number of carbonyl (C=O) groups excluding carboxylic acids is 1. The van der Waals surface area contributed by atoms with Crippen LogP contribution in [0.25, 0.3) is 0 Å². The minimum Gasteiger partial charge on any atom is -0.343 e. The topological polar surface area (TPSA) is 74.0 Å². The largest absolute Gasteiger partial charge is 0.416 e. The van der Waals surface area contributed by atoms with Gasteiger partial charge < -0.3 is 10.2 Å². The molecular formula is C18H21ClF3N5O. The molecule has 3 N–H and O–H groups in total. The maximum Gasteiger partial charge on any atom is 0.416 e. The molecule has 0 aromatic heterocycles. The maximum absolute atomic E-state index is 13.4. The second-order valence-electron chi connectivity index (χ2n) is 6.71. The quantitative estimate of drug-likeness (QED) is 0.722. The zero-order valence-corrected chi connectivity index (χ0v) is 15.9. The van der Waals surface area contributed by atoms with Crippen molar-refractivity contribution in [3.05, 3.63) is 40.6 Å². The number of nitrogens with two attached hydrogens (primary N) is 1. The van der Waals surface area contributed by atoms with Gasteiger partial charge in [0.05, 0.1) is 17.8 Å². The number of alkyl halides is 3. The van der Waals surface area contributed by atoms with Crippen LogP contribution in [-0.2, 0) is 4.79 Å². The molecule has 0 radical (unpaired) electrons. The molecule has 1 amide bonds. The third-order valence-corrected chi connectivity index (χ3v) is 4.90. The van der Waals surface area contributed by atoms with E-state index in [4.69, 9.17) is 17.4 Å². The zero-order chi connectivity index (χ0) is 20.3. The Kier molecular flexibility index (Phi) is 6.14. The van der Waals surface area contributed by atoms with E-state index in [-0.39, 0.29) is 24.0 Å². The molecule has 1 saturated heterocycles. The average molecular weight is 416 g/mol. The number of guanidine groups is 1. The van der Waals surface area contributed by atoms with E-state index in [1.165, 1.54) is 0 Å². The second kappa shape index (κ2) is 8.40. The van der Waals surface area contributed by atoms with Crippen LogP contribution < -0.4 is 11.2 Å². The van der Waals surface area contributed by atoms with Crippen LogP contribution >= 0.6 is 11.6 Å². The van der Waals surface area contributed by atoms with E-state index in [1.807, 2.05) is 0 Å². The summed E-state index contributed by atoms with van der Waals surface area (Å²) < 4.78 is 40.3. The molecule has 1 fully saturated rings.